The summed E-state index contributed by atoms with van der Waals surface area (Å²) in [4.78, 5) is 14.8. The van der Waals surface area contributed by atoms with Crippen molar-refractivity contribution in [2.45, 2.75) is 13.8 Å². The van der Waals surface area contributed by atoms with Gasteiger partial charge in [0.1, 0.15) is 0 Å². The van der Waals surface area contributed by atoms with Gasteiger partial charge in [-0.1, -0.05) is 12.1 Å². The summed E-state index contributed by atoms with van der Waals surface area (Å²) in [6.07, 6.45) is 1.80. The molecule has 2 aliphatic heterocycles. The number of aryl methyl sites for hydroxylation is 2. The number of morpholine rings is 1. The molecule has 0 bridgehead atoms. The van der Waals surface area contributed by atoms with E-state index in [-0.39, 0.29) is 5.91 Å². The maximum atomic E-state index is 12.3. The second-order valence-electron chi connectivity index (χ2n) is 7.56. The van der Waals surface area contributed by atoms with E-state index >= 15 is 0 Å². The van der Waals surface area contributed by atoms with E-state index in [9.17, 15) is 4.79 Å². The lowest BCUT2D eigenvalue weighted by atomic mass is 10.0. The highest BCUT2D eigenvalue weighted by Crippen LogP contribution is 2.34. The molecule has 1 saturated heterocycles. The number of nitrogens with one attached hydrogen (secondary N) is 3. The topological polar surface area (TPSA) is 65.6 Å². The van der Waals surface area contributed by atoms with Crippen LogP contribution in [0.15, 0.2) is 42.6 Å². The Kier molecular flexibility index (Phi) is 5.83. The number of hydrogen-bond donors (Lipinski definition) is 3. The lowest BCUT2D eigenvalue weighted by Crippen LogP contribution is -2.39. The second kappa shape index (κ2) is 8.68. The van der Waals surface area contributed by atoms with Crippen LogP contribution in [-0.4, -0.2) is 50.2 Å². The van der Waals surface area contributed by atoms with E-state index in [1.165, 1.54) is 5.56 Å². The van der Waals surface area contributed by atoms with Crippen molar-refractivity contribution in [3.8, 4) is 0 Å². The van der Waals surface area contributed by atoms with Gasteiger partial charge in [-0.2, -0.15) is 0 Å². The van der Waals surface area contributed by atoms with Crippen molar-refractivity contribution in [3.63, 3.8) is 0 Å². The molecule has 1 amide bonds. The summed E-state index contributed by atoms with van der Waals surface area (Å²) in [7, 11) is 0. The third kappa shape index (κ3) is 4.44. The molecule has 2 heterocycles. The summed E-state index contributed by atoms with van der Waals surface area (Å²) in [6, 6.07) is 12.1. The van der Waals surface area contributed by atoms with Gasteiger partial charge < -0.3 is 20.7 Å². The highest BCUT2D eigenvalue weighted by Gasteiger charge is 2.25. The van der Waals surface area contributed by atoms with Crippen LogP contribution in [0.5, 0.6) is 0 Å². The van der Waals surface area contributed by atoms with E-state index in [0.717, 1.165) is 67.6 Å². The Morgan fingerprint density at radius 3 is 2.76 bits per heavy atom. The van der Waals surface area contributed by atoms with E-state index < -0.39 is 0 Å². The minimum absolute atomic E-state index is 0.0695. The molecule has 4 rings (SSSR count). The average molecular weight is 393 g/mol. The van der Waals surface area contributed by atoms with Gasteiger partial charge in [-0.05, 0) is 49.2 Å². The first-order valence-electron chi connectivity index (χ1n) is 10.1. The third-order valence-electron chi connectivity index (χ3n) is 5.49. The Morgan fingerprint density at radius 1 is 1.14 bits per heavy atom. The predicted octanol–water partition coefficient (Wildman–Crippen LogP) is 3.45. The number of rotatable bonds is 6. The molecule has 0 radical (unpaired) electrons. The summed E-state index contributed by atoms with van der Waals surface area (Å²) in [5, 5.41) is 9.74. The van der Waals surface area contributed by atoms with Gasteiger partial charge >= 0.3 is 0 Å². The quantitative estimate of drug-likeness (QED) is 0.657. The Hall–Kier alpha value is -2.83. The van der Waals surface area contributed by atoms with Crippen LogP contribution in [0.2, 0.25) is 0 Å². The number of carbonyl (C=O) groups is 1. The standard InChI is InChI=1S/C23H28N4O2/c1-16-4-3-5-21-22(16)19(23(28)26-21)15-25-18-6-7-20(17(2)14-18)24-8-9-27-10-12-29-13-11-27/h3-7,14-15,24-25H,8-13H2,1-2H3,(H,26,28)/b19-15+. The number of benzene rings is 2. The molecule has 0 spiro atoms. The maximum Gasteiger partial charge on any atom is 0.257 e. The molecule has 0 unspecified atom stereocenters. The smallest absolute Gasteiger partial charge is 0.257 e. The highest BCUT2D eigenvalue weighted by molar-refractivity contribution is 6.32. The number of fused-ring (bicyclic) bond motifs is 1. The van der Waals surface area contributed by atoms with Crippen LogP contribution in [0.3, 0.4) is 0 Å². The van der Waals surface area contributed by atoms with Gasteiger partial charge in [-0.3, -0.25) is 9.69 Å². The maximum absolute atomic E-state index is 12.3. The molecule has 29 heavy (non-hydrogen) atoms. The van der Waals surface area contributed by atoms with Crippen LogP contribution in [0.1, 0.15) is 16.7 Å². The van der Waals surface area contributed by atoms with Gasteiger partial charge in [0.2, 0.25) is 0 Å². The van der Waals surface area contributed by atoms with E-state index in [4.69, 9.17) is 4.74 Å². The Bertz CT molecular complexity index is 932. The molecular formula is C23H28N4O2. The minimum atomic E-state index is -0.0695. The molecule has 2 aromatic carbocycles. The number of ether oxygens (including phenoxy) is 1. The summed E-state index contributed by atoms with van der Waals surface area (Å²) in [6.45, 7) is 9.72. The van der Waals surface area contributed by atoms with Crippen molar-refractivity contribution in [1.82, 2.24) is 4.90 Å². The normalized spacial score (nSPS) is 17.9. The SMILES string of the molecule is Cc1cc(N/C=C2/C(=O)Nc3cccc(C)c32)ccc1NCCN1CCOCC1. The van der Waals surface area contributed by atoms with Gasteiger partial charge in [0.25, 0.3) is 5.91 Å². The zero-order valence-corrected chi connectivity index (χ0v) is 17.0. The average Bonchev–Trinajstić information content (AvgIpc) is 3.05. The van der Waals surface area contributed by atoms with Crippen LogP contribution < -0.4 is 16.0 Å². The molecular weight excluding hydrogens is 364 g/mol. The van der Waals surface area contributed by atoms with E-state index in [0.29, 0.717) is 5.57 Å². The molecule has 0 aliphatic carbocycles. The van der Waals surface area contributed by atoms with Crippen molar-refractivity contribution in [2.75, 3.05) is 55.3 Å². The Morgan fingerprint density at radius 2 is 1.97 bits per heavy atom. The molecule has 0 aromatic heterocycles. The zero-order chi connectivity index (χ0) is 20.2. The van der Waals surface area contributed by atoms with Crippen molar-refractivity contribution < 1.29 is 9.53 Å². The molecule has 2 aromatic rings. The van der Waals surface area contributed by atoms with Gasteiger partial charge in [0.05, 0.1) is 18.8 Å². The number of hydrogen-bond acceptors (Lipinski definition) is 5. The van der Waals surface area contributed by atoms with Gasteiger partial charge in [0.15, 0.2) is 0 Å². The molecule has 0 atom stereocenters. The van der Waals surface area contributed by atoms with Crippen LogP contribution in [0.25, 0.3) is 5.57 Å². The summed E-state index contributed by atoms with van der Waals surface area (Å²) in [5.74, 6) is -0.0695. The molecule has 3 N–H and O–H groups in total. The van der Waals surface area contributed by atoms with Crippen LogP contribution in [-0.2, 0) is 9.53 Å². The highest BCUT2D eigenvalue weighted by atomic mass is 16.5. The minimum Gasteiger partial charge on any atom is -0.384 e. The first kappa shape index (κ1) is 19.5. The molecule has 152 valence electrons. The summed E-state index contributed by atoms with van der Waals surface area (Å²) in [5.41, 5.74) is 6.87. The van der Waals surface area contributed by atoms with Crippen LogP contribution in [0, 0.1) is 13.8 Å². The first-order chi connectivity index (χ1) is 14.1. The number of carbonyl (C=O) groups excluding carboxylic acids is 1. The second-order valence-corrected chi connectivity index (χ2v) is 7.56. The fraction of sp³-hybridized carbons (Fsp3) is 0.348. The van der Waals surface area contributed by atoms with Crippen molar-refractivity contribution >= 4 is 28.5 Å². The van der Waals surface area contributed by atoms with Crippen molar-refractivity contribution in [3.05, 3.63) is 59.3 Å². The summed E-state index contributed by atoms with van der Waals surface area (Å²) < 4.78 is 5.39. The van der Waals surface area contributed by atoms with Gasteiger partial charge in [0, 0.05) is 55.0 Å². The largest absolute Gasteiger partial charge is 0.384 e. The Labute approximate surface area is 171 Å². The first-order valence-corrected chi connectivity index (χ1v) is 10.1. The summed E-state index contributed by atoms with van der Waals surface area (Å²) >= 11 is 0. The molecule has 6 heteroatoms. The predicted molar refractivity (Wildman–Crippen MR) is 118 cm³/mol. The molecule has 6 nitrogen and oxygen atoms in total. The van der Waals surface area contributed by atoms with Gasteiger partial charge in [-0.25, -0.2) is 0 Å². The fourth-order valence-electron chi connectivity index (χ4n) is 3.85. The lowest BCUT2D eigenvalue weighted by Gasteiger charge is -2.26. The molecule has 1 fully saturated rings. The third-order valence-corrected chi connectivity index (χ3v) is 5.49. The number of anilines is 3. The van der Waals surface area contributed by atoms with E-state index in [1.54, 1.807) is 6.20 Å². The van der Waals surface area contributed by atoms with Gasteiger partial charge in [-0.15, -0.1) is 0 Å². The van der Waals surface area contributed by atoms with E-state index in [1.807, 2.05) is 31.2 Å². The Balaban J connectivity index is 1.39. The fourth-order valence-corrected chi connectivity index (χ4v) is 3.85. The zero-order valence-electron chi connectivity index (χ0n) is 17.0. The monoisotopic (exact) mass is 392 g/mol. The van der Waals surface area contributed by atoms with Crippen molar-refractivity contribution in [2.24, 2.45) is 0 Å². The molecule has 2 aliphatic rings. The van der Waals surface area contributed by atoms with Crippen molar-refractivity contribution in [1.29, 1.82) is 0 Å². The van der Waals surface area contributed by atoms with Crippen LogP contribution >= 0.6 is 0 Å². The number of amides is 1. The number of nitrogens with zero attached hydrogens (tertiary/aromatic N) is 1. The van der Waals surface area contributed by atoms with Crippen LogP contribution in [0.4, 0.5) is 17.1 Å². The van der Waals surface area contributed by atoms with E-state index in [2.05, 4.69) is 39.9 Å². The molecule has 0 saturated carbocycles. The lowest BCUT2D eigenvalue weighted by molar-refractivity contribution is -0.110.